The lowest BCUT2D eigenvalue weighted by atomic mass is 9.85. The molecule has 0 aromatic rings. The second-order valence-corrected chi connectivity index (χ2v) is 4.81. The molecule has 19 heavy (non-hydrogen) atoms. The third kappa shape index (κ3) is 5.46. The van der Waals surface area contributed by atoms with Crippen LogP contribution in [-0.2, 0) is 9.59 Å². The average molecular weight is 282 g/mol. The van der Waals surface area contributed by atoms with Crippen molar-refractivity contribution in [2.45, 2.75) is 37.9 Å². The molecule has 1 fully saturated rings. The van der Waals surface area contributed by atoms with Gasteiger partial charge in [-0.1, -0.05) is 0 Å². The molecule has 0 saturated heterocycles. The predicted molar refractivity (Wildman–Crippen MR) is 60.2 cm³/mol. The molecule has 0 aromatic heterocycles. The standard InChI is InChI=1S/C11H17F3N2O3/c12-11(13,14)6-16(5-9(17)18)10(19)7-1-3-8(15)4-2-7/h7-8H,1-6,15H2,(H,17,18). The van der Waals surface area contributed by atoms with Crippen LogP contribution >= 0.6 is 0 Å². The molecule has 8 heteroatoms. The van der Waals surface area contributed by atoms with Crippen LogP contribution in [0.3, 0.4) is 0 Å². The zero-order valence-corrected chi connectivity index (χ0v) is 10.3. The molecular weight excluding hydrogens is 265 g/mol. The molecule has 0 bridgehead atoms. The monoisotopic (exact) mass is 282 g/mol. The molecule has 3 N–H and O–H groups in total. The number of hydrogen-bond acceptors (Lipinski definition) is 3. The van der Waals surface area contributed by atoms with Gasteiger partial charge in [-0.15, -0.1) is 0 Å². The van der Waals surface area contributed by atoms with Gasteiger partial charge in [0.15, 0.2) is 0 Å². The highest BCUT2D eigenvalue weighted by Crippen LogP contribution is 2.26. The Bertz CT molecular complexity index is 339. The average Bonchev–Trinajstić information content (AvgIpc) is 2.25. The van der Waals surface area contributed by atoms with E-state index in [2.05, 4.69) is 0 Å². The first-order valence-corrected chi connectivity index (χ1v) is 6.02. The van der Waals surface area contributed by atoms with Crippen LogP contribution in [0.4, 0.5) is 13.2 Å². The first kappa shape index (κ1) is 15.7. The number of rotatable bonds is 4. The van der Waals surface area contributed by atoms with E-state index >= 15 is 0 Å². The lowest BCUT2D eigenvalue weighted by Gasteiger charge is -2.30. The molecule has 5 nitrogen and oxygen atoms in total. The summed E-state index contributed by atoms with van der Waals surface area (Å²) in [5, 5.41) is 8.59. The van der Waals surface area contributed by atoms with Gasteiger partial charge in [0.1, 0.15) is 13.1 Å². The number of carboxylic acid groups (broad SMARTS) is 1. The first-order valence-electron chi connectivity index (χ1n) is 6.02. The molecule has 0 spiro atoms. The van der Waals surface area contributed by atoms with Gasteiger partial charge in [0.25, 0.3) is 0 Å². The van der Waals surface area contributed by atoms with Crippen molar-refractivity contribution in [3.05, 3.63) is 0 Å². The van der Waals surface area contributed by atoms with Crippen molar-refractivity contribution in [2.75, 3.05) is 13.1 Å². The van der Waals surface area contributed by atoms with Gasteiger partial charge >= 0.3 is 12.1 Å². The summed E-state index contributed by atoms with van der Waals surface area (Å²) >= 11 is 0. The van der Waals surface area contributed by atoms with E-state index in [9.17, 15) is 22.8 Å². The minimum atomic E-state index is -4.60. The van der Waals surface area contributed by atoms with Crippen LogP contribution in [0, 0.1) is 5.92 Å². The van der Waals surface area contributed by atoms with Crippen LogP contribution < -0.4 is 5.73 Å². The maximum absolute atomic E-state index is 12.3. The van der Waals surface area contributed by atoms with Crippen LogP contribution in [0.15, 0.2) is 0 Å². The Balaban J connectivity index is 2.68. The van der Waals surface area contributed by atoms with E-state index in [1.54, 1.807) is 0 Å². The van der Waals surface area contributed by atoms with E-state index in [-0.39, 0.29) is 6.04 Å². The number of nitrogens with zero attached hydrogens (tertiary/aromatic N) is 1. The van der Waals surface area contributed by atoms with Gasteiger partial charge in [0.05, 0.1) is 0 Å². The second-order valence-electron chi connectivity index (χ2n) is 4.81. The van der Waals surface area contributed by atoms with Crippen LogP contribution in [-0.4, -0.2) is 47.2 Å². The van der Waals surface area contributed by atoms with Crippen LogP contribution in [0.2, 0.25) is 0 Å². The van der Waals surface area contributed by atoms with Crippen molar-refractivity contribution in [3.8, 4) is 0 Å². The summed E-state index contributed by atoms with van der Waals surface area (Å²) in [6, 6.07) is -0.0282. The minimum Gasteiger partial charge on any atom is -0.480 e. The summed E-state index contributed by atoms with van der Waals surface area (Å²) in [5.74, 6) is -2.75. The van der Waals surface area contributed by atoms with Crippen molar-refractivity contribution in [2.24, 2.45) is 11.7 Å². The number of alkyl halides is 3. The van der Waals surface area contributed by atoms with Crippen LogP contribution in [0.5, 0.6) is 0 Å². The maximum atomic E-state index is 12.3. The quantitative estimate of drug-likeness (QED) is 0.805. The van der Waals surface area contributed by atoms with Gasteiger partial charge in [-0.2, -0.15) is 13.2 Å². The van der Waals surface area contributed by atoms with Crippen molar-refractivity contribution in [3.63, 3.8) is 0 Å². The molecule has 1 amide bonds. The predicted octanol–water partition coefficient (Wildman–Crippen LogP) is 0.979. The molecule has 1 aliphatic rings. The van der Waals surface area contributed by atoms with E-state index in [4.69, 9.17) is 10.8 Å². The van der Waals surface area contributed by atoms with Gasteiger partial charge in [0.2, 0.25) is 5.91 Å². The third-order valence-electron chi connectivity index (χ3n) is 3.13. The highest BCUT2D eigenvalue weighted by molar-refractivity contribution is 5.83. The summed E-state index contributed by atoms with van der Waals surface area (Å²) in [6.45, 7) is -2.46. The molecule has 0 aliphatic heterocycles. The Kier molecular flexibility index (Phi) is 5.16. The van der Waals surface area contributed by atoms with E-state index in [1.165, 1.54) is 0 Å². The molecule has 1 rings (SSSR count). The Morgan fingerprint density at radius 2 is 1.74 bits per heavy atom. The van der Waals surface area contributed by atoms with Crippen molar-refractivity contribution in [1.29, 1.82) is 0 Å². The molecular formula is C11H17F3N2O3. The van der Waals surface area contributed by atoms with E-state index in [0.29, 0.717) is 30.6 Å². The highest BCUT2D eigenvalue weighted by Gasteiger charge is 2.37. The summed E-state index contributed by atoms with van der Waals surface area (Å²) in [4.78, 5) is 22.9. The summed E-state index contributed by atoms with van der Waals surface area (Å²) in [7, 11) is 0. The van der Waals surface area contributed by atoms with E-state index in [0.717, 1.165) is 0 Å². The molecule has 1 aliphatic carbocycles. The maximum Gasteiger partial charge on any atom is 0.406 e. The van der Waals surface area contributed by atoms with Gasteiger partial charge in [-0.3, -0.25) is 9.59 Å². The number of nitrogens with two attached hydrogens (primary N) is 1. The number of carbonyl (C=O) groups excluding carboxylic acids is 1. The van der Waals surface area contributed by atoms with Crippen LogP contribution in [0.1, 0.15) is 25.7 Å². The lowest BCUT2D eigenvalue weighted by Crippen LogP contribution is -2.46. The number of hydrogen-bond donors (Lipinski definition) is 2. The number of aliphatic carboxylic acids is 1. The smallest absolute Gasteiger partial charge is 0.406 e. The largest absolute Gasteiger partial charge is 0.480 e. The number of amides is 1. The normalized spacial score (nSPS) is 24.0. The molecule has 0 aromatic carbocycles. The van der Waals surface area contributed by atoms with Crippen molar-refractivity contribution in [1.82, 2.24) is 4.90 Å². The molecule has 0 radical (unpaired) electrons. The van der Waals surface area contributed by atoms with Crippen molar-refractivity contribution >= 4 is 11.9 Å². The van der Waals surface area contributed by atoms with E-state index in [1.807, 2.05) is 0 Å². The molecule has 110 valence electrons. The SMILES string of the molecule is NC1CCC(C(=O)N(CC(=O)O)CC(F)(F)F)CC1. The van der Waals surface area contributed by atoms with Gasteiger partial charge in [-0.25, -0.2) is 0 Å². The minimum absolute atomic E-state index is 0.0282. The Morgan fingerprint density at radius 3 is 2.16 bits per heavy atom. The Morgan fingerprint density at radius 1 is 1.21 bits per heavy atom. The molecule has 0 atom stereocenters. The number of carbonyl (C=O) groups is 2. The van der Waals surface area contributed by atoms with Crippen molar-refractivity contribution < 1.29 is 27.9 Å². The van der Waals surface area contributed by atoms with Gasteiger partial charge in [-0.05, 0) is 25.7 Å². The van der Waals surface area contributed by atoms with Gasteiger partial charge < -0.3 is 15.7 Å². The molecule has 1 saturated carbocycles. The highest BCUT2D eigenvalue weighted by atomic mass is 19.4. The summed E-state index contributed by atoms with van der Waals surface area (Å²) < 4.78 is 37.0. The molecule has 0 unspecified atom stereocenters. The fraction of sp³-hybridized carbons (Fsp3) is 0.818. The molecule has 0 heterocycles. The zero-order valence-electron chi connectivity index (χ0n) is 10.3. The van der Waals surface area contributed by atoms with Gasteiger partial charge in [0, 0.05) is 12.0 Å². The zero-order chi connectivity index (χ0) is 14.6. The number of halogens is 3. The number of carboxylic acids is 1. The third-order valence-corrected chi connectivity index (χ3v) is 3.13. The Hall–Kier alpha value is -1.31. The fourth-order valence-electron chi connectivity index (χ4n) is 2.22. The first-order chi connectivity index (χ1) is 8.69. The summed E-state index contributed by atoms with van der Waals surface area (Å²) in [5.41, 5.74) is 5.66. The second kappa shape index (κ2) is 6.23. The van der Waals surface area contributed by atoms with E-state index < -0.39 is 37.1 Å². The Labute approximate surface area is 108 Å². The van der Waals surface area contributed by atoms with Crippen LogP contribution in [0.25, 0.3) is 0 Å². The fourth-order valence-corrected chi connectivity index (χ4v) is 2.22. The lowest BCUT2D eigenvalue weighted by molar-refractivity contribution is -0.168. The summed E-state index contributed by atoms with van der Waals surface area (Å²) in [6.07, 6.45) is -2.63. The topological polar surface area (TPSA) is 83.6 Å².